The number of fused-ring (bicyclic) bond motifs is 1. The highest BCUT2D eigenvalue weighted by Crippen LogP contribution is 2.34. The van der Waals surface area contributed by atoms with Crippen molar-refractivity contribution in [1.29, 1.82) is 0 Å². The molecule has 0 fully saturated rings. The third-order valence-corrected chi connectivity index (χ3v) is 6.34. The third kappa shape index (κ3) is 4.66. The first kappa shape index (κ1) is 20.2. The molecule has 0 aliphatic rings. The van der Waals surface area contributed by atoms with Crippen LogP contribution in [0.5, 0.6) is 0 Å². The minimum Gasteiger partial charge on any atom is -0.336 e. The number of rotatable bonds is 6. The molecular weight excluding hydrogens is 394 g/mol. The molecule has 0 saturated carbocycles. The molecule has 0 aliphatic heterocycles. The molecule has 9 heteroatoms. The predicted octanol–water partition coefficient (Wildman–Crippen LogP) is 3.20. The van der Waals surface area contributed by atoms with Crippen molar-refractivity contribution in [3.05, 3.63) is 40.7 Å². The van der Waals surface area contributed by atoms with Crippen molar-refractivity contribution in [2.75, 3.05) is 24.7 Å². The van der Waals surface area contributed by atoms with E-state index in [1.54, 1.807) is 30.6 Å². The van der Waals surface area contributed by atoms with E-state index in [0.29, 0.717) is 5.82 Å². The molecule has 0 aliphatic carbocycles. The van der Waals surface area contributed by atoms with Gasteiger partial charge in [-0.05, 0) is 44.0 Å². The number of thioether (sulfide) groups is 1. The SMILES string of the molecule is Cc1ccnc(NC(=O)CN(C)C(=O)CSc2ncnc3sc(C)c(C)c23)c1. The highest BCUT2D eigenvalue weighted by atomic mass is 32.2. The van der Waals surface area contributed by atoms with Crippen LogP contribution in [0.15, 0.2) is 29.7 Å². The number of carbonyl (C=O) groups excluding carboxylic acids is 2. The summed E-state index contributed by atoms with van der Waals surface area (Å²) in [6.45, 7) is 5.98. The first-order valence-corrected chi connectivity index (χ1v) is 10.5. The fourth-order valence-corrected chi connectivity index (χ4v) is 4.65. The monoisotopic (exact) mass is 415 g/mol. The molecule has 0 unspecified atom stereocenters. The van der Waals surface area contributed by atoms with Crippen molar-refractivity contribution in [3.63, 3.8) is 0 Å². The largest absolute Gasteiger partial charge is 0.336 e. The molecule has 3 aromatic rings. The maximum absolute atomic E-state index is 12.5. The zero-order valence-corrected chi connectivity index (χ0v) is 17.8. The molecule has 3 aromatic heterocycles. The van der Waals surface area contributed by atoms with E-state index < -0.39 is 0 Å². The van der Waals surface area contributed by atoms with Crippen LogP contribution >= 0.6 is 23.1 Å². The number of likely N-dealkylation sites (N-methyl/N-ethyl adjacent to an activating group) is 1. The number of aromatic nitrogens is 3. The van der Waals surface area contributed by atoms with Crippen LogP contribution in [-0.4, -0.2) is 51.0 Å². The topological polar surface area (TPSA) is 88.1 Å². The molecule has 146 valence electrons. The van der Waals surface area contributed by atoms with Crippen molar-refractivity contribution in [1.82, 2.24) is 19.9 Å². The average Bonchev–Trinajstić information content (AvgIpc) is 2.94. The maximum Gasteiger partial charge on any atom is 0.245 e. The maximum atomic E-state index is 12.5. The smallest absolute Gasteiger partial charge is 0.245 e. The van der Waals surface area contributed by atoms with E-state index in [1.807, 2.05) is 19.9 Å². The lowest BCUT2D eigenvalue weighted by Gasteiger charge is -2.16. The van der Waals surface area contributed by atoms with Crippen molar-refractivity contribution in [2.45, 2.75) is 25.8 Å². The zero-order valence-electron chi connectivity index (χ0n) is 16.1. The summed E-state index contributed by atoms with van der Waals surface area (Å²) in [5.41, 5.74) is 2.15. The fourth-order valence-electron chi connectivity index (χ4n) is 2.59. The summed E-state index contributed by atoms with van der Waals surface area (Å²) in [6, 6.07) is 3.63. The second-order valence-corrected chi connectivity index (χ2v) is 8.61. The fraction of sp³-hybridized carbons (Fsp3) is 0.316. The first-order chi connectivity index (χ1) is 13.3. The highest BCUT2D eigenvalue weighted by molar-refractivity contribution is 8.00. The lowest BCUT2D eigenvalue weighted by Crippen LogP contribution is -2.36. The quantitative estimate of drug-likeness (QED) is 0.491. The standard InChI is InChI=1S/C19H21N5O2S2/c1-11-5-6-20-14(7-11)23-15(25)8-24(4)16(26)9-27-18-17-12(2)13(3)28-19(17)22-10-21-18/h5-7,10H,8-9H2,1-4H3,(H,20,23,25). The summed E-state index contributed by atoms with van der Waals surface area (Å²) < 4.78 is 0. The minimum atomic E-state index is -0.285. The molecule has 0 bridgehead atoms. The van der Waals surface area contributed by atoms with Gasteiger partial charge in [-0.2, -0.15) is 0 Å². The summed E-state index contributed by atoms with van der Waals surface area (Å²) >= 11 is 2.99. The van der Waals surface area contributed by atoms with Crippen molar-refractivity contribution < 1.29 is 9.59 Å². The third-order valence-electron chi connectivity index (χ3n) is 4.25. The molecule has 2 amide bonds. The number of pyridine rings is 1. The number of anilines is 1. The molecule has 3 heterocycles. The van der Waals surface area contributed by atoms with Gasteiger partial charge < -0.3 is 10.2 Å². The first-order valence-electron chi connectivity index (χ1n) is 8.65. The highest BCUT2D eigenvalue weighted by Gasteiger charge is 2.17. The van der Waals surface area contributed by atoms with Crippen LogP contribution in [0, 0.1) is 20.8 Å². The number of thiophene rings is 1. The Morgan fingerprint density at radius 3 is 2.75 bits per heavy atom. The van der Waals surface area contributed by atoms with E-state index in [4.69, 9.17) is 0 Å². The van der Waals surface area contributed by atoms with Gasteiger partial charge in [-0.3, -0.25) is 9.59 Å². The predicted molar refractivity (Wildman–Crippen MR) is 113 cm³/mol. The molecule has 1 N–H and O–H groups in total. The van der Waals surface area contributed by atoms with Gasteiger partial charge in [-0.25, -0.2) is 15.0 Å². The van der Waals surface area contributed by atoms with Crippen molar-refractivity contribution in [3.8, 4) is 0 Å². The summed E-state index contributed by atoms with van der Waals surface area (Å²) in [5, 5.41) is 4.51. The Hall–Kier alpha value is -2.52. The summed E-state index contributed by atoms with van der Waals surface area (Å²) in [7, 11) is 1.61. The second-order valence-electron chi connectivity index (χ2n) is 6.45. The van der Waals surface area contributed by atoms with Crippen LogP contribution in [-0.2, 0) is 9.59 Å². The van der Waals surface area contributed by atoms with Gasteiger partial charge in [0.25, 0.3) is 0 Å². The van der Waals surface area contributed by atoms with Crippen molar-refractivity contribution in [2.24, 2.45) is 0 Å². The van der Waals surface area contributed by atoms with Crippen LogP contribution in [0.2, 0.25) is 0 Å². The average molecular weight is 416 g/mol. The number of hydrogen-bond donors (Lipinski definition) is 1. The van der Waals surface area contributed by atoms with Crippen LogP contribution < -0.4 is 5.32 Å². The summed E-state index contributed by atoms with van der Waals surface area (Å²) in [4.78, 5) is 40.9. The lowest BCUT2D eigenvalue weighted by molar-refractivity contribution is -0.131. The Bertz CT molecular complexity index is 1030. The van der Waals surface area contributed by atoms with Crippen LogP contribution in [0.4, 0.5) is 5.82 Å². The Morgan fingerprint density at radius 2 is 2.00 bits per heavy atom. The summed E-state index contributed by atoms with van der Waals surface area (Å²) in [5.74, 6) is 0.251. The molecule has 0 spiro atoms. The zero-order chi connectivity index (χ0) is 20.3. The van der Waals surface area contributed by atoms with E-state index in [1.165, 1.54) is 27.9 Å². The number of hydrogen-bond acceptors (Lipinski definition) is 7. The number of amides is 2. The van der Waals surface area contributed by atoms with Gasteiger partial charge in [0, 0.05) is 23.5 Å². The molecule has 0 radical (unpaired) electrons. The Kier molecular flexibility index (Phi) is 6.25. The normalized spacial score (nSPS) is 10.9. The van der Waals surface area contributed by atoms with Crippen molar-refractivity contribution >= 4 is 50.9 Å². The molecule has 0 aromatic carbocycles. The van der Waals surface area contributed by atoms with E-state index in [-0.39, 0.29) is 24.1 Å². The van der Waals surface area contributed by atoms with Gasteiger partial charge >= 0.3 is 0 Å². The number of nitrogens with one attached hydrogen (secondary N) is 1. The Morgan fingerprint density at radius 1 is 1.21 bits per heavy atom. The van der Waals surface area contributed by atoms with Gasteiger partial charge in [-0.15, -0.1) is 11.3 Å². The number of aryl methyl sites for hydroxylation is 3. The summed E-state index contributed by atoms with van der Waals surface area (Å²) in [6.07, 6.45) is 3.16. The lowest BCUT2D eigenvalue weighted by atomic mass is 10.2. The van der Waals surface area contributed by atoms with E-state index >= 15 is 0 Å². The molecular formula is C19H21N5O2S2. The van der Waals surface area contributed by atoms with Crippen LogP contribution in [0.25, 0.3) is 10.2 Å². The van der Waals surface area contributed by atoms with Gasteiger partial charge in [0.1, 0.15) is 22.0 Å². The molecule has 7 nitrogen and oxygen atoms in total. The Labute approximate surface area is 171 Å². The van der Waals surface area contributed by atoms with Crippen LogP contribution in [0.3, 0.4) is 0 Å². The molecule has 0 atom stereocenters. The number of nitrogens with zero attached hydrogens (tertiary/aromatic N) is 4. The second kappa shape index (κ2) is 8.66. The minimum absolute atomic E-state index is 0.0369. The number of carbonyl (C=O) groups is 2. The van der Waals surface area contributed by atoms with Gasteiger partial charge in [0.2, 0.25) is 11.8 Å². The molecule has 3 rings (SSSR count). The van der Waals surface area contributed by atoms with E-state index in [0.717, 1.165) is 26.4 Å². The van der Waals surface area contributed by atoms with Crippen LogP contribution in [0.1, 0.15) is 16.0 Å². The van der Waals surface area contributed by atoms with Gasteiger partial charge in [-0.1, -0.05) is 11.8 Å². The van der Waals surface area contributed by atoms with Gasteiger partial charge in [0.05, 0.1) is 12.3 Å². The van der Waals surface area contributed by atoms with E-state index in [2.05, 4.69) is 27.2 Å². The Balaban J connectivity index is 1.58. The molecule has 28 heavy (non-hydrogen) atoms. The van der Waals surface area contributed by atoms with Gasteiger partial charge in [0.15, 0.2) is 0 Å². The molecule has 0 saturated heterocycles. The van der Waals surface area contributed by atoms with E-state index in [9.17, 15) is 9.59 Å².